The zero-order chi connectivity index (χ0) is 16.4. The van der Waals surface area contributed by atoms with Crippen molar-refractivity contribution in [1.82, 2.24) is 0 Å². The SMILES string of the molecule is O=C(Cc1cc2c(cc1Br)OCCO2)Nc1cc(Cl)ccc1O. The maximum absolute atomic E-state index is 12.2. The molecule has 0 spiro atoms. The summed E-state index contributed by atoms with van der Waals surface area (Å²) in [5.41, 5.74) is 1.03. The van der Waals surface area contributed by atoms with E-state index in [-0.39, 0.29) is 23.8 Å². The molecular weight excluding hydrogens is 386 g/mol. The molecule has 0 radical (unpaired) electrons. The minimum absolute atomic E-state index is 0.0380. The number of nitrogens with one attached hydrogen (secondary N) is 1. The molecule has 1 heterocycles. The third kappa shape index (κ3) is 3.71. The summed E-state index contributed by atoms with van der Waals surface area (Å²) in [6, 6.07) is 8.03. The van der Waals surface area contributed by atoms with E-state index in [1.165, 1.54) is 12.1 Å². The normalized spacial score (nSPS) is 12.8. The van der Waals surface area contributed by atoms with Crippen molar-refractivity contribution in [2.24, 2.45) is 0 Å². The van der Waals surface area contributed by atoms with Gasteiger partial charge in [-0.05, 0) is 35.9 Å². The number of hydrogen-bond donors (Lipinski definition) is 2. The van der Waals surface area contributed by atoms with Crippen molar-refractivity contribution in [3.05, 3.63) is 45.4 Å². The van der Waals surface area contributed by atoms with E-state index in [1.807, 2.05) is 0 Å². The van der Waals surface area contributed by atoms with Crippen LogP contribution in [0.3, 0.4) is 0 Å². The highest BCUT2D eigenvalue weighted by Gasteiger charge is 2.17. The molecule has 0 atom stereocenters. The van der Waals surface area contributed by atoms with Crippen molar-refractivity contribution in [3.8, 4) is 17.2 Å². The van der Waals surface area contributed by atoms with Gasteiger partial charge in [0.25, 0.3) is 0 Å². The molecule has 0 fully saturated rings. The number of rotatable bonds is 3. The number of benzene rings is 2. The maximum atomic E-state index is 12.2. The maximum Gasteiger partial charge on any atom is 0.228 e. The van der Waals surface area contributed by atoms with Gasteiger partial charge in [-0.2, -0.15) is 0 Å². The summed E-state index contributed by atoms with van der Waals surface area (Å²) in [6.45, 7) is 0.990. The monoisotopic (exact) mass is 397 g/mol. The smallest absolute Gasteiger partial charge is 0.228 e. The van der Waals surface area contributed by atoms with Crippen LogP contribution in [-0.2, 0) is 11.2 Å². The Hall–Kier alpha value is -1.92. The van der Waals surface area contributed by atoms with E-state index < -0.39 is 0 Å². The largest absolute Gasteiger partial charge is 0.506 e. The second-order valence-electron chi connectivity index (χ2n) is 4.97. The molecule has 120 valence electrons. The summed E-state index contributed by atoms with van der Waals surface area (Å²) in [5, 5.41) is 12.8. The average Bonchev–Trinajstić information content (AvgIpc) is 2.51. The molecule has 1 aliphatic rings. The number of carbonyl (C=O) groups is 1. The van der Waals surface area contributed by atoms with Gasteiger partial charge in [-0.25, -0.2) is 0 Å². The van der Waals surface area contributed by atoms with Gasteiger partial charge in [0.05, 0.1) is 12.1 Å². The highest BCUT2D eigenvalue weighted by molar-refractivity contribution is 9.10. The second-order valence-corrected chi connectivity index (χ2v) is 6.26. The molecule has 0 aliphatic carbocycles. The van der Waals surface area contributed by atoms with E-state index in [1.54, 1.807) is 18.2 Å². The summed E-state index contributed by atoms with van der Waals surface area (Å²) < 4.78 is 11.8. The first-order valence-electron chi connectivity index (χ1n) is 6.89. The molecule has 3 rings (SSSR count). The number of aromatic hydroxyl groups is 1. The van der Waals surface area contributed by atoms with Crippen LogP contribution >= 0.6 is 27.5 Å². The third-order valence-corrected chi connectivity index (χ3v) is 4.27. The molecule has 2 N–H and O–H groups in total. The van der Waals surface area contributed by atoms with Crippen LogP contribution in [0.25, 0.3) is 0 Å². The van der Waals surface area contributed by atoms with Crippen LogP contribution in [0.2, 0.25) is 5.02 Å². The predicted molar refractivity (Wildman–Crippen MR) is 90.6 cm³/mol. The minimum atomic E-state index is -0.278. The number of hydrogen-bond acceptors (Lipinski definition) is 4. The quantitative estimate of drug-likeness (QED) is 0.773. The molecule has 1 aliphatic heterocycles. The molecule has 0 aromatic heterocycles. The minimum Gasteiger partial charge on any atom is -0.506 e. The lowest BCUT2D eigenvalue weighted by atomic mass is 10.1. The van der Waals surface area contributed by atoms with Crippen molar-refractivity contribution in [3.63, 3.8) is 0 Å². The number of amides is 1. The van der Waals surface area contributed by atoms with Crippen molar-refractivity contribution in [1.29, 1.82) is 0 Å². The Morgan fingerprint density at radius 2 is 1.91 bits per heavy atom. The van der Waals surface area contributed by atoms with Gasteiger partial charge >= 0.3 is 0 Å². The third-order valence-electron chi connectivity index (χ3n) is 3.29. The molecule has 2 aromatic rings. The molecule has 23 heavy (non-hydrogen) atoms. The van der Waals surface area contributed by atoms with Gasteiger partial charge in [-0.3, -0.25) is 4.79 Å². The lowest BCUT2D eigenvalue weighted by Crippen LogP contribution is -2.17. The Bertz CT molecular complexity index is 766. The fraction of sp³-hybridized carbons (Fsp3) is 0.188. The molecule has 5 nitrogen and oxygen atoms in total. The highest BCUT2D eigenvalue weighted by atomic mass is 79.9. The number of fused-ring (bicyclic) bond motifs is 1. The number of anilines is 1. The zero-order valence-electron chi connectivity index (χ0n) is 11.9. The van der Waals surface area contributed by atoms with Gasteiger partial charge in [0, 0.05) is 9.50 Å². The van der Waals surface area contributed by atoms with Gasteiger partial charge in [0.2, 0.25) is 5.91 Å². The Labute approximate surface area is 146 Å². The summed E-state index contributed by atoms with van der Waals surface area (Å²) >= 11 is 9.29. The lowest BCUT2D eigenvalue weighted by molar-refractivity contribution is -0.115. The number of phenols is 1. The van der Waals surface area contributed by atoms with E-state index in [2.05, 4.69) is 21.2 Å². The highest BCUT2D eigenvalue weighted by Crippen LogP contribution is 2.36. The summed E-state index contributed by atoms with van der Waals surface area (Å²) in [7, 11) is 0. The van der Waals surface area contributed by atoms with Crippen molar-refractivity contribution in [2.75, 3.05) is 18.5 Å². The number of ether oxygens (including phenoxy) is 2. The predicted octanol–water partition coefficient (Wildman–Crippen LogP) is 3.76. The first-order valence-corrected chi connectivity index (χ1v) is 8.06. The first-order chi connectivity index (χ1) is 11.0. The number of phenolic OH excluding ortho intramolecular Hbond substituents is 1. The van der Waals surface area contributed by atoms with Crippen molar-refractivity contribution in [2.45, 2.75) is 6.42 Å². The van der Waals surface area contributed by atoms with Crippen molar-refractivity contribution >= 4 is 39.1 Å². The van der Waals surface area contributed by atoms with E-state index in [0.717, 1.165) is 10.0 Å². The number of carbonyl (C=O) groups excluding carboxylic acids is 1. The topological polar surface area (TPSA) is 67.8 Å². The zero-order valence-corrected chi connectivity index (χ0v) is 14.3. The van der Waals surface area contributed by atoms with Gasteiger partial charge in [-0.15, -0.1) is 0 Å². The summed E-state index contributed by atoms with van der Waals surface area (Å²) in [6.07, 6.45) is 0.114. The van der Waals surface area contributed by atoms with E-state index in [0.29, 0.717) is 29.7 Å². The Morgan fingerprint density at radius 3 is 2.65 bits per heavy atom. The van der Waals surface area contributed by atoms with Gasteiger partial charge < -0.3 is 19.9 Å². The summed E-state index contributed by atoms with van der Waals surface area (Å²) in [4.78, 5) is 12.2. The fourth-order valence-corrected chi connectivity index (χ4v) is 2.85. The van der Waals surface area contributed by atoms with Crippen molar-refractivity contribution < 1.29 is 19.4 Å². The van der Waals surface area contributed by atoms with E-state index >= 15 is 0 Å². The molecule has 0 saturated heterocycles. The van der Waals surface area contributed by atoms with Crippen LogP contribution in [0, 0.1) is 0 Å². The Kier molecular flexibility index (Phi) is 4.63. The number of halogens is 2. The molecule has 0 bridgehead atoms. The van der Waals surface area contributed by atoms with Gasteiger partial charge in [-0.1, -0.05) is 27.5 Å². The van der Waals surface area contributed by atoms with E-state index in [9.17, 15) is 9.90 Å². The lowest BCUT2D eigenvalue weighted by Gasteiger charge is -2.20. The molecule has 1 amide bonds. The first kappa shape index (κ1) is 16.0. The van der Waals surface area contributed by atoms with E-state index in [4.69, 9.17) is 21.1 Å². The average molecular weight is 399 g/mol. The van der Waals surface area contributed by atoms with Crippen LogP contribution in [-0.4, -0.2) is 24.2 Å². The molecular formula is C16H13BrClNO4. The van der Waals surface area contributed by atoms with Gasteiger partial charge in [0.1, 0.15) is 19.0 Å². The molecule has 0 unspecified atom stereocenters. The molecule has 2 aromatic carbocycles. The van der Waals surface area contributed by atoms with Crippen LogP contribution < -0.4 is 14.8 Å². The Morgan fingerprint density at radius 1 is 1.22 bits per heavy atom. The Balaban J connectivity index is 1.76. The summed E-state index contributed by atoms with van der Waals surface area (Å²) in [5.74, 6) is 0.955. The second kappa shape index (κ2) is 6.68. The standard InChI is InChI=1S/C16H13BrClNO4/c17-11-8-15-14(22-3-4-23-15)5-9(11)6-16(21)19-12-7-10(18)1-2-13(12)20/h1-2,5,7-8,20H,3-4,6H2,(H,19,21). The van der Waals surface area contributed by atoms with Gasteiger partial charge in [0.15, 0.2) is 11.5 Å². The molecule has 7 heteroatoms. The van der Waals surface area contributed by atoms with Crippen LogP contribution in [0.1, 0.15) is 5.56 Å². The molecule has 0 saturated carbocycles. The van der Waals surface area contributed by atoms with Crippen LogP contribution in [0.5, 0.6) is 17.2 Å². The fourth-order valence-electron chi connectivity index (χ4n) is 2.22. The van der Waals surface area contributed by atoms with Crippen LogP contribution in [0.4, 0.5) is 5.69 Å². The van der Waals surface area contributed by atoms with Crippen LogP contribution in [0.15, 0.2) is 34.8 Å².